The van der Waals surface area contributed by atoms with Gasteiger partial charge in [-0.25, -0.2) is 4.79 Å². The van der Waals surface area contributed by atoms with Crippen molar-refractivity contribution in [1.29, 1.82) is 0 Å². The van der Waals surface area contributed by atoms with Crippen molar-refractivity contribution in [3.05, 3.63) is 42.0 Å². The fourth-order valence-electron chi connectivity index (χ4n) is 4.72. The third kappa shape index (κ3) is 3.11. The molecule has 6 nitrogen and oxygen atoms in total. The third-order valence-corrected chi connectivity index (χ3v) is 6.48. The van der Waals surface area contributed by atoms with Gasteiger partial charge < -0.3 is 9.80 Å². The van der Waals surface area contributed by atoms with Crippen molar-refractivity contribution in [3.8, 4) is 0 Å². The Hall–Kier alpha value is -2.63. The molecule has 0 N–H and O–H groups in total. The van der Waals surface area contributed by atoms with Gasteiger partial charge in [0.1, 0.15) is 12.1 Å². The average Bonchev–Trinajstić information content (AvgIpc) is 2.91. The first-order valence-corrected chi connectivity index (χ1v) is 10.1. The molecule has 1 aliphatic carbocycles. The van der Waals surface area contributed by atoms with Crippen molar-refractivity contribution >= 4 is 23.4 Å². The van der Waals surface area contributed by atoms with E-state index >= 15 is 0 Å². The number of carbonyl (C=O) groups excluding carboxylic acids is 3. The third-order valence-electron chi connectivity index (χ3n) is 6.48. The van der Waals surface area contributed by atoms with Crippen LogP contribution in [0.4, 0.5) is 4.79 Å². The van der Waals surface area contributed by atoms with E-state index in [1.807, 2.05) is 18.2 Å². The summed E-state index contributed by atoms with van der Waals surface area (Å²) < 4.78 is 0. The number of nitrogens with zero attached hydrogens (tertiary/aromatic N) is 3. The maximum Gasteiger partial charge on any atom is 0.327 e. The lowest BCUT2D eigenvalue weighted by Gasteiger charge is -2.35. The number of hydrogen-bond donors (Lipinski definition) is 0. The van der Waals surface area contributed by atoms with Crippen molar-refractivity contribution in [2.75, 3.05) is 26.7 Å². The van der Waals surface area contributed by atoms with Crippen LogP contribution in [-0.2, 0) is 9.59 Å². The number of amides is 4. The van der Waals surface area contributed by atoms with Crippen molar-refractivity contribution in [3.63, 3.8) is 0 Å². The molecule has 28 heavy (non-hydrogen) atoms. The van der Waals surface area contributed by atoms with Gasteiger partial charge in [0.25, 0.3) is 5.91 Å². The highest BCUT2D eigenvalue weighted by molar-refractivity contribution is 6.09. The molecule has 2 fully saturated rings. The van der Waals surface area contributed by atoms with Crippen LogP contribution in [0.5, 0.6) is 0 Å². The van der Waals surface area contributed by atoms with Gasteiger partial charge in [-0.3, -0.25) is 14.5 Å². The number of rotatable bonds is 3. The lowest BCUT2D eigenvalue weighted by molar-refractivity contribution is -0.140. The molecular weight excluding hydrogens is 354 g/mol. The van der Waals surface area contributed by atoms with Crippen molar-refractivity contribution in [1.82, 2.24) is 14.7 Å². The number of benzene rings is 1. The Balaban J connectivity index is 1.42. The fourth-order valence-corrected chi connectivity index (χ4v) is 4.72. The van der Waals surface area contributed by atoms with Crippen molar-refractivity contribution in [2.24, 2.45) is 0 Å². The molecule has 4 rings (SSSR count). The molecule has 1 aromatic carbocycles. The Labute approximate surface area is 165 Å². The summed E-state index contributed by atoms with van der Waals surface area (Å²) in [6, 6.07) is 9.82. The SMILES string of the molecule is CN1C(=O)N(CC(=O)N2CC=C(c3ccccc3)CC2)C(=O)C12CCCCC2. The zero-order chi connectivity index (χ0) is 19.7. The van der Waals surface area contributed by atoms with Gasteiger partial charge in [0.15, 0.2) is 0 Å². The van der Waals surface area contributed by atoms with E-state index in [-0.39, 0.29) is 24.4 Å². The highest BCUT2D eigenvalue weighted by Crippen LogP contribution is 2.39. The molecule has 2 aliphatic heterocycles. The summed E-state index contributed by atoms with van der Waals surface area (Å²) in [6.45, 7) is 0.968. The number of urea groups is 1. The predicted octanol–water partition coefficient (Wildman–Crippen LogP) is 2.90. The van der Waals surface area contributed by atoms with Gasteiger partial charge >= 0.3 is 6.03 Å². The van der Waals surface area contributed by atoms with E-state index in [0.717, 1.165) is 25.7 Å². The summed E-state index contributed by atoms with van der Waals surface area (Å²) in [4.78, 5) is 43.0. The Morgan fingerprint density at radius 3 is 2.43 bits per heavy atom. The molecule has 1 saturated carbocycles. The van der Waals surface area contributed by atoms with Crippen LogP contribution >= 0.6 is 0 Å². The Morgan fingerprint density at radius 1 is 1.07 bits per heavy atom. The lowest BCUT2D eigenvalue weighted by atomic mass is 9.81. The van der Waals surface area contributed by atoms with Crippen LogP contribution < -0.4 is 0 Å². The summed E-state index contributed by atoms with van der Waals surface area (Å²) in [5, 5.41) is 0. The monoisotopic (exact) mass is 381 g/mol. The molecule has 0 radical (unpaired) electrons. The molecule has 1 spiro atoms. The predicted molar refractivity (Wildman–Crippen MR) is 106 cm³/mol. The van der Waals surface area contributed by atoms with Gasteiger partial charge in [-0.1, -0.05) is 55.7 Å². The van der Waals surface area contributed by atoms with E-state index < -0.39 is 5.54 Å². The van der Waals surface area contributed by atoms with Crippen molar-refractivity contribution in [2.45, 2.75) is 44.1 Å². The first-order chi connectivity index (χ1) is 13.5. The normalized spacial score (nSPS) is 22.0. The van der Waals surface area contributed by atoms with E-state index in [2.05, 4.69) is 18.2 Å². The van der Waals surface area contributed by atoms with Crippen LogP contribution in [0.25, 0.3) is 5.57 Å². The number of imide groups is 1. The zero-order valence-corrected chi connectivity index (χ0v) is 16.4. The first-order valence-electron chi connectivity index (χ1n) is 10.1. The summed E-state index contributed by atoms with van der Waals surface area (Å²) in [5.41, 5.74) is 1.69. The van der Waals surface area contributed by atoms with Crippen LogP contribution in [0.2, 0.25) is 0 Å². The molecule has 0 bridgehead atoms. The summed E-state index contributed by atoms with van der Waals surface area (Å²) >= 11 is 0. The summed E-state index contributed by atoms with van der Waals surface area (Å²) in [5.74, 6) is -0.350. The molecule has 2 heterocycles. The van der Waals surface area contributed by atoms with Gasteiger partial charge in [-0.05, 0) is 30.4 Å². The molecule has 148 valence electrons. The molecule has 1 aromatic rings. The lowest BCUT2D eigenvalue weighted by Crippen LogP contribution is -2.49. The number of hydrogen-bond acceptors (Lipinski definition) is 3. The second-order valence-electron chi connectivity index (χ2n) is 8.01. The highest BCUT2D eigenvalue weighted by atomic mass is 16.2. The average molecular weight is 381 g/mol. The van der Waals surface area contributed by atoms with E-state index in [9.17, 15) is 14.4 Å². The Morgan fingerprint density at radius 2 is 1.79 bits per heavy atom. The molecule has 1 saturated heterocycles. The molecular formula is C22H27N3O3. The summed E-state index contributed by atoms with van der Waals surface area (Å²) in [6.07, 6.45) is 7.24. The smallest absolute Gasteiger partial charge is 0.327 e. The topological polar surface area (TPSA) is 60.9 Å². The minimum absolute atomic E-state index is 0.154. The van der Waals surface area contributed by atoms with Gasteiger partial charge in [0.05, 0.1) is 0 Å². The number of carbonyl (C=O) groups is 3. The first kappa shape index (κ1) is 18.7. The molecule has 0 unspecified atom stereocenters. The standard InChI is InChI=1S/C22H27N3O3/c1-23-21(28)25(20(27)22(23)12-6-3-7-13-22)16-19(26)24-14-10-18(11-15-24)17-8-4-2-5-9-17/h2,4-5,8-10H,3,6-7,11-16H2,1H3. The zero-order valence-electron chi connectivity index (χ0n) is 16.4. The van der Waals surface area contributed by atoms with E-state index in [1.165, 1.54) is 16.0 Å². The molecule has 3 aliphatic rings. The van der Waals surface area contributed by atoms with Crippen LogP contribution in [0.15, 0.2) is 36.4 Å². The minimum Gasteiger partial charge on any atom is -0.337 e. The second-order valence-corrected chi connectivity index (χ2v) is 8.01. The van der Waals surface area contributed by atoms with Gasteiger partial charge in [0.2, 0.25) is 5.91 Å². The van der Waals surface area contributed by atoms with Crippen LogP contribution in [0.3, 0.4) is 0 Å². The second kappa shape index (κ2) is 7.41. The van der Waals surface area contributed by atoms with E-state index in [0.29, 0.717) is 25.9 Å². The Kier molecular flexibility index (Phi) is 4.96. The van der Waals surface area contributed by atoms with Gasteiger partial charge in [-0.15, -0.1) is 0 Å². The highest BCUT2D eigenvalue weighted by Gasteiger charge is 2.55. The molecule has 0 atom stereocenters. The molecule has 0 aromatic heterocycles. The quantitative estimate of drug-likeness (QED) is 0.757. The number of likely N-dealkylation sites (N-methyl/N-ethyl adjacent to an activating group) is 1. The summed E-state index contributed by atoms with van der Waals surface area (Å²) in [7, 11) is 1.70. The van der Waals surface area contributed by atoms with Crippen LogP contribution in [0.1, 0.15) is 44.1 Å². The van der Waals surface area contributed by atoms with Crippen molar-refractivity contribution < 1.29 is 14.4 Å². The Bertz CT molecular complexity index is 812. The largest absolute Gasteiger partial charge is 0.337 e. The van der Waals surface area contributed by atoms with E-state index in [4.69, 9.17) is 0 Å². The van der Waals surface area contributed by atoms with Gasteiger partial charge in [0, 0.05) is 20.1 Å². The minimum atomic E-state index is -0.724. The molecule has 4 amide bonds. The van der Waals surface area contributed by atoms with Crippen LogP contribution in [-0.4, -0.2) is 64.8 Å². The maximum atomic E-state index is 13.0. The molecule has 6 heteroatoms. The van der Waals surface area contributed by atoms with Gasteiger partial charge in [-0.2, -0.15) is 0 Å². The van der Waals surface area contributed by atoms with E-state index in [1.54, 1.807) is 16.8 Å². The fraction of sp³-hybridized carbons (Fsp3) is 0.500. The van der Waals surface area contributed by atoms with Crippen LogP contribution in [0, 0.1) is 0 Å². The maximum absolute atomic E-state index is 13.0.